The highest BCUT2D eigenvalue weighted by Crippen LogP contribution is 2.46. The molecular weight excluding hydrogens is 334 g/mol. The van der Waals surface area contributed by atoms with Gasteiger partial charge in [-0.25, -0.2) is 13.1 Å². The maximum atomic E-state index is 13.0. The molecular formula is C19H15N3O2S. The van der Waals surface area contributed by atoms with Crippen LogP contribution in [0.2, 0.25) is 0 Å². The molecule has 0 saturated heterocycles. The molecule has 1 aromatic heterocycles. The van der Waals surface area contributed by atoms with E-state index in [9.17, 15) is 8.42 Å². The molecule has 0 fully saturated rings. The van der Waals surface area contributed by atoms with Gasteiger partial charge in [0.15, 0.2) is 0 Å². The van der Waals surface area contributed by atoms with Crippen LogP contribution in [-0.4, -0.2) is 25.2 Å². The second-order valence-corrected chi connectivity index (χ2v) is 7.68. The first kappa shape index (κ1) is 15.5. The molecule has 1 aliphatic rings. The average molecular weight is 349 g/mol. The van der Waals surface area contributed by atoms with Crippen LogP contribution >= 0.6 is 0 Å². The fourth-order valence-electron chi connectivity index (χ4n) is 3.16. The molecule has 6 heteroatoms. The summed E-state index contributed by atoms with van der Waals surface area (Å²) in [7, 11) is -2.08. The summed E-state index contributed by atoms with van der Waals surface area (Å²) in [5.41, 5.74) is 3.35. The maximum absolute atomic E-state index is 13.0. The SMILES string of the molecule is C#CCn1nc(-c2ccccc2)c2c1-c1ccccc1S(=O)(=O)N2C. The fraction of sp³-hybridized carbons (Fsp3) is 0.105. The number of rotatable bonds is 2. The Hall–Kier alpha value is -3.04. The molecule has 0 spiro atoms. The van der Waals surface area contributed by atoms with Gasteiger partial charge in [0.25, 0.3) is 10.0 Å². The summed E-state index contributed by atoms with van der Waals surface area (Å²) in [4.78, 5) is 0.266. The van der Waals surface area contributed by atoms with E-state index in [0.29, 0.717) is 16.9 Å². The van der Waals surface area contributed by atoms with Gasteiger partial charge in [-0.05, 0) is 6.07 Å². The smallest absolute Gasteiger partial charge is 0.264 e. The van der Waals surface area contributed by atoms with Gasteiger partial charge >= 0.3 is 0 Å². The number of sulfonamides is 1. The Morgan fingerprint density at radius 3 is 2.48 bits per heavy atom. The van der Waals surface area contributed by atoms with E-state index in [2.05, 4.69) is 11.0 Å². The minimum absolute atomic E-state index is 0.261. The van der Waals surface area contributed by atoms with E-state index in [1.54, 1.807) is 29.9 Å². The van der Waals surface area contributed by atoms with Gasteiger partial charge in [0.2, 0.25) is 0 Å². The normalized spacial score (nSPS) is 14.5. The van der Waals surface area contributed by atoms with Crippen molar-refractivity contribution >= 4 is 15.7 Å². The predicted octanol–water partition coefficient (Wildman–Crippen LogP) is 2.99. The van der Waals surface area contributed by atoms with Gasteiger partial charge in [0.1, 0.15) is 17.9 Å². The van der Waals surface area contributed by atoms with Crippen molar-refractivity contribution in [2.24, 2.45) is 0 Å². The summed E-state index contributed by atoms with van der Waals surface area (Å²) < 4.78 is 28.9. The number of fused-ring (bicyclic) bond motifs is 3. The monoisotopic (exact) mass is 349 g/mol. The highest BCUT2D eigenvalue weighted by molar-refractivity contribution is 7.93. The summed E-state index contributed by atoms with van der Waals surface area (Å²) in [6, 6.07) is 16.5. The third kappa shape index (κ3) is 2.17. The first-order valence-electron chi connectivity index (χ1n) is 7.73. The summed E-state index contributed by atoms with van der Waals surface area (Å²) in [6.07, 6.45) is 5.51. The molecule has 0 bridgehead atoms. The van der Waals surface area contributed by atoms with Crippen molar-refractivity contribution in [1.82, 2.24) is 9.78 Å². The zero-order chi connectivity index (χ0) is 17.6. The highest BCUT2D eigenvalue weighted by atomic mass is 32.2. The van der Waals surface area contributed by atoms with Crippen LogP contribution in [0.15, 0.2) is 59.5 Å². The van der Waals surface area contributed by atoms with E-state index in [4.69, 9.17) is 6.42 Å². The molecule has 5 nitrogen and oxygen atoms in total. The number of hydrogen-bond donors (Lipinski definition) is 0. The van der Waals surface area contributed by atoms with Crippen LogP contribution in [0.5, 0.6) is 0 Å². The summed E-state index contributed by atoms with van der Waals surface area (Å²) in [5, 5.41) is 4.63. The van der Waals surface area contributed by atoms with Crippen molar-refractivity contribution < 1.29 is 8.42 Å². The van der Waals surface area contributed by atoms with E-state index < -0.39 is 10.0 Å². The number of benzene rings is 2. The van der Waals surface area contributed by atoms with Gasteiger partial charge in [-0.15, -0.1) is 6.42 Å². The van der Waals surface area contributed by atoms with Crippen molar-refractivity contribution in [2.75, 3.05) is 11.4 Å². The Morgan fingerprint density at radius 1 is 1.08 bits per heavy atom. The van der Waals surface area contributed by atoms with Crippen LogP contribution < -0.4 is 4.31 Å². The first-order chi connectivity index (χ1) is 12.1. The molecule has 0 atom stereocenters. The Labute approximate surface area is 146 Å². The molecule has 0 amide bonds. The van der Waals surface area contributed by atoms with Gasteiger partial charge in [0, 0.05) is 18.2 Å². The van der Waals surface area contributed by atoms with E-state index in [1.807, 2.05) is 36.4 Å². The standard InChI is InChI=1S/C19H15N3O2S/c1-3-13-22-18-15-11-7-8-12-16(15)25(23,24)21(2)19(18)17(20-22)14-9-5-4-6-10-14/h1,4-12H,13H2,2H3. The topological polar surface area (TPSA) is 55.2 Å². The van der Waals surface area contributed by atoms with E-state index in [1.165, 1.54) is 4.31 Å². The van der Waals surface area contributed by atoms with E-state index in [0.717, 1.165) is 11.3 Å². The average Bonchev–Trinajstić information content (AvgIpc) is 3.00. The molecule has 124 valence electrons. The minimum Gasteiger partial charge on any atom is -0.265 e. The quantitative estimate of drug-likeness (QED) is 0.669. The summed E-state index contributed by atoms with van der Waals surface area (Å²) in [5.74, 6) is 2.60. The molecule has 2 heterocycles. The van der Waals surface area contributed by atoms with Gasteiger partial charge in [-0.3, -0.25) is 4.31 Å². The Balaban J connectivity index is 2.12. The summed E-state index contributed by atoms with van der Waals surface area (Å²) >= 11 is 0. The molecule has 3 aromatic rings. The van der Waals surface area contributed by atoms with Gasteiger partial charge in [-0.2, -0.15) is 5.10 Å². The number of aromatic nitrogens is 2. The van der Waals surface area contributed by atoms with Gasteiger partial charge in [-0.1, -0.05) is 54.5 Å². The Kier molecular flexibility index (Phi) is 3.41. The summed E-state index contributed by atoms with van der Waals surface area (Å²) in [6.45, 7) is 0.261. The van der Waals surface area contributed by atoms with Crippen LogP contribution in [0.25, 0.3) is 22.5 Å². The molecule has 1 aliphatic heterocycles. The van der Waals surface area contributed by atoms with Crippen molar-refractivity contribution in [3.63, 3.8) is 0 Å². The largest absolute Gasteiger partial charge is 0.265 e. The molecule has 25 heavy (non-hydrogen) atoms. The molecule has 4 rings (SSSR count). The maximum Gasteiger partial charge on any atom is 0.264 e. The lowest BCUT2D eigenvalue weighted by Crippen LogP contribution is -2.30. The molecule has 0 N–H and O–H groups in total. The lowest BCUT2D eigenvalue weighted by molar-refractivity contribution is 0.593. The molecule has 0 radical (unpaired) electrons. The Morgan fingerprint density at radius 2 is 1.76 bits per heavy atom. The number of hydrogen-bond acceptors (Lipinski definition) is 3. The first-order valence-corrected chi connectivity index (χ1v) is 9.17. The Bertz CT molecular complexity index is 1110. The molecule has 0 aliphatic carbocycles. The minimum atomic E-state index is -3.64. The van der Waals surface area contributed by atoms with Crippen molar-refractivity contribution in [1.29, 1.82) is 0 Å². The second-order valence-electron chi connectivity index (χ2n) is 5.74. The number of nitrogens with zero attached hydrogens (tertiary/aromatic N) is 3. The molecule has 0 unspecified atom stereocenters. The number of terminal acetylenes is 1. The van der Waals surface area contributed by atoms with Crippen molar-refractivity contribution in [2.45, 2.75) is 11.4 Å². The van der Waals surface area contributed by atoms with E-state index >= 15 is 0 Å². The third-order valence-corrected chi connectivity index (χ3v) is 6.13. The van der Waals surface area contributed by atoms with Crippen molar-refractivity contribution in [3.05, 3.63) is 54.6 Å². The zero-order valence-corrected chi connectivity index (χ0v) is 14.4. The lowest BCUT2D eigenvalue weighted by atomic mass is 10.1. The predicted molar refractivity (Wildman–Crippen MR) is 97.5 cm³/mol. The third-order valence-electron chi connectivity index (χ3n) is 4.31. The van der Waals surface area contributed by atoms with Crippen LogP contribution in [0.1, 0.15) is 0 Å². The van der Waals surface area contributed by atoms with Gasteiger partial charge < -0.3 is 0 Å². The van der Waals surface area contributed by atoms with E-state index in [-0.39, 0.29) is 11.4 Å². The number of anilines is 1. The lowest BCUT2D eigenvalue weighted by Gasteiger charge is -2.27. The van der Waals surface area contributed by atoms with Crippen LogP contribution in [0.3, 0.4) is 0 Å². The van der Waals surface area contributed by atoms with Crippen LogP contribution in [0.4, 0.5) is 5.69 Å². The second kappa shape index (κ2) is 5.50. The van der Waals surface area contributed by atoms with Gasteiger partial charge in [0.05, 0.1) is 10.6 Å². The molecule has 2 aromatic carbocycles. The molecule has 0 saturated carbocycles. The van der Waals surface area contributed by atoms with Crippen LogP contribution in [0, 0.1) is 12.3 Å². The van der Waals surface area contributed by atoms with Crippen LogP contribution in [-0.2, 0) is 16.6 Å². The fourth-order valence-corrected chi connectivity index (χ4v) is 4.57. The zero-order valence-electron chi connectivity index (χ0n) is 13.5. The highest BCUT2D eigenvalue weighted by Gasteiger charge is 2.37. The van der Waals surface area contributed by atoms with Crippen molar-refractivity contribution in [3.8, 4) is 34.9 Å².